The fourth-order valence-corrected chi connectivity index (χ4v) is 2.74. The van der Waals surface area contributed by atoms with E-state index in [1.54, 1.807) is 0 Å². The SMILES string of the molecule is O=C1c2cccc(O)c2C(=O)c2c(OS(=O)(=O)O)cccc21. The third kappa shape index (κ3) is 2.14. The molecule has 0 fully saturated rings. The lowest BCUT2D eigenvalue weighted by atomic mass is 9.83. The number of benzene rings is 2. The molecule has 0 unspecified atom stereocenters. The summed E-state index contributed by atoms with van der Waals surface area (Å²) < 4.78 is 34.9. The van der Waals surface area contributed by atoms with Crippen molar-refractivity contribution in [3.05, 3.63) is 58.7 Å². The summed E-state index contributed by atoms with van der Waals surface area (Å²) >= 11 is 0. The Hall–Kier alpha value is -2.71. The van der Waals surface area contributed by atoms with Gasteiger partial charge in [0.25, 0.3) is 0 Å². The van der Waals surface area contributed by atoms with Gasteiger partial charge < -0.3 is 9.29 Å². The van der Waals surface area contributed by atoms with Crippen molar-refractivity contribution in [2.24, 2.45) is 0 Å². The van der Waals surface area contributed by atoms with Gasteiger partial charge in [-0.05, 0) is 12.1 Å². The van der Waals surface area contributed by atoms with Crippen LogP contribution < -0.4 is 4.18 Å². The van der Waals surface area contributed by atoms with Crippen molar-refractivity contribution < 1.29 is 31.8 Å². The molecule has 3 rings (SSSR count). The Morgan fingerprint density at radius 2 is 1.45 bits per heavy atom. The standard InChI is InChI=1S/C14H8O7S/c15-9-5-1-3-7-11(9)14(17)12-8(13(7)16)4-2-6-10(12)21-22(18,19)20/h1-6,15H,(H,18,19,20). The van der Waals surface area contributed by atoms with Crippen molar-refractivity contribution in [2.45, 2.75) is 0 Å². The van der Waals surface area contributed by atoms with Gasteiger partial charge in [-0.2, -0.15) is 8.42 Å². The van der Waals surface area contributed by atoms with Crippen molar-refractivity contribution in [2.75, 3.05) is 0 Å². The molecule has 0 radical (unpaired) electrons. The van der Waals surface area contributed by atoms with E-state index in [0.29, 0.717) is 0 Å². The number of carbonyl (C=O) groups excluding carboxylic acids is 2. The second kappa shape index (κ2) is 4.65. The maximum atomic E-state index is 12.5. The monoisotopic (exact) mass is 320 g/mol. The molecule has 0 spiro atoms. The van der Waals surface area contributed by atoms with E-state index in [1.807, 2.05) is 0 Å². The van der Waals surface area contributed by atoms with E-state index >= 15 is 0 Å². The minimum atomic E-state index is -4.87. The first-order chi connectivity index (χ1) is 10.3. The van der Waals surface area contributed by atoms with Crippen LogP contribution in [0.2, 0.25) is 0 Å². The van der Waals surface area contributed by atoms with E-state index in [1.165, 1.54) is 30.3 Å². The van der Waals surface area contributed by atoms with E-state index in [4.69, 9.17) is 4.55 Å². The number of aromatic hydroxyl groups is 1. The second-order valence-corrected chi connectivity index (χ2v) is 5.57. The van der Waals surface area contributed by atoms with Crippen molar-refractivity contribution in [1.29, 1.82) is 0 Å². The highest BCUT2D eigenvalue weighted by Gasteiger charge is 2.35. The van der Waals surface area contributed by atoms with Crippen LogP contribution >= 0.6 is 0 Å². The Kier molecular flexibility index (Phi) is 3.01. The van der Waals surface area contributed by atoms with E-state index in [0.717, 1.165) is 6.07 Å². The number of carbonyl (C=O) groups is 2. The topological polar surface area (TPSA) is 118 Å². The first-order valence-corrected chi connectivity index (χ1v) is 7.37. The predicted molar refractivity (Wildman–Crippen MR) is 73.6 cm³/mol. The number of rotatable bonds is 2. The number of ketones is 2. The normalized spacial score (nSPS) is 13.5. The summed E-state index contributed by atoms with van der Waals surface area (Å²) in [4.78, 5) is 24.9. The van der Waals surface area contributed by atoms with Gasteiger partial charge in [-0.15, -0.1) is 0 Å². The summed E-state index contributed by atoms with van der Waals surface area (Å²) in [7, 11) is -4.87. The van der Waals surface area contributed by atoms with E-state index in [9.17, 15) is 23.1 Å². The van der Waals surface area contributed by atoms with Crippen LogP contribution in [0.4, 0.5) is 0 Å². The quantitative estimate of drug-likeness (QED) is 0.684. The number of phenolic OH excluding ortho intramolecular Hbond substituents is 1. The van der Waals surface area contributed by atoms with Gasteiger partial charge in [0.05, 0.1) is 11.1 Å². The third-order valence-corrected chi connectivity index (χ3v) is 3.60. The number of hydrogen-bond donors (Lipinski definition) is 2. The zero-order valence-electron chi connectivity index (χ0n) is 10.8. The molecule has 0 aliphatic heterocycles. The van der Waals surface area contributed by atoms with Gasteiger partial charge in [-0.1, -0.05) is 24.3 Å². The van der Waals surface area contributed by atoms with Crippen LogP contribution in [-0.4, -0.2) is 29.6 Å². The molecular weight excluding hydrogens is 312 g/mol. The molecule has 1 aliphatic carbocycles. The minimum absolute atomic E-state index is 0.0153. The average molecular weight is 320 g/mol. The zero-order valence-corrected chi connectivity index (χ0v) is 11.6. The summed E-state index contributed by atoms with van der Waals surface area (Å²) in [6, 6.07) is 7.82. The fraction of sp³-hybridized carbons (Fsp3) is 0. The molecule has 2 N–H and O–H groups in total. The Balaban J connectivity index is 2.29. The molecule has 0 saturated heterocycles. The largest absolute Gasteiger partial charge is 0.507 e. The van der Waals surface area contributed by atoms with E-state index < -0.39 is 33.5 Å². The highest BCUT2D eigenvalue weighted by molar-refractivity contribution is 7.81. The number of hydrogen-bond acceptors (Lipinski definition) is 6. The van der Waals surface area contributed by atoms with Gasteiger partial charge in [0.15, 0.2) is 11.5 Å². The summed E-state index contributed by atoms with van der Waals surface area (Å²) in [5.41, 5.74) is -0.601. The molecule has 0 saturated carbocycles. The van der Waals surface area contributed by atoms with Crippen molar-refractivity contribution in [1.82, 2.24) is 0 Å². The number of fused-ring (bicyclic) bond motifs is 2. The smallest absolute Gasteiger partial charge is 0.446 e. The Morgan fingerprint density at radius 3 is 2.09 bits per heavy atom. The highest BCUT2D eigenvalue weighted by Crippen LogP contribution is 2.36. The molecule has 0 atom stereocenters. The summed E-state index contributed by atoms with van der Waals surface area (Å²) in [6.07, 6.45) is 0. The van der Waals surface area contributed by atoms with Crippen LogP contribution in [-0.2, 0) is 10.4 Å². The molecule has 0 bridgehead atoms. The minimum Gasteiger partial charge on any atom is -0.507 e. The first-order valence-electron chi connectivity index (χ1n) is 6.01. The van der Waals surface area contributed by atoms with Crippen molar-refractivity contribution in [3.8, 4) is 11.5 Å². The molecule has 7 nitrogen and oxygen atoms in total. The van der Waals surface area contributed by atoms with Crippen LogP contribution in [0.5, 0.6) is 11.5 Å². The Bertz CT molecular complexity index is 928. The van der Waals surface area contributed by atoms with Crippen LogP contribution in [0.25, 0.3) is 0 Å². The molecule has 1 aliphatic rings. The lowest BCUT2D eigenvalue weighted by molar-refractivity contribution is 0.0975. The summed E-state index contributed by atoms with van der Waals surface area (Å²) in [6.45, 7) is 0. The second-order valence-electron chi connectivity index (χ2n) is 4.55. The van der Waals surface area contributed by atoms with Crippen LogP contribution in [0, 0.1) is 0 Å². The number of phenols is 1. The summed E-state index contributed by atoms with van der Waals surface area (Å²) in [5.74, 6) is -2.20. The van der Waals surface area contributed by atoms with Crippen molar-refractivity contribution in [3.63, 3.8) is 0 Å². The molecule has 0 heterocycles. The first kappa shape index (κ1) is 14.2. The third-order valence-electron chi connectivity index (χ3n) is 3.21. The maximum absolute atomic E-state index is 12.5. The fourth-order valence-electron chi connectivity index (χ4n) is 2.38. The molecule has 2 aromatic carbocycles. The van der Waals surface area contributed by atoms with E-state index in [2.05, 4.69) is 4.18 Å². The van der Waals surface area contributed by atoms with Gasteiger partial charge in [0, 0.05) is 11.1 Å². The molecule has 8 heteroatoms. The predicted octanol–water partition coefficient (Wildman–Crippen LogP) is 1.35. The van der Waals surface area contributed by atoms with Crippen LogP contribution in [0.1, 0.15) is 31.8 Å². The van der Waals surface area contributed by atoms with Gasteiger partial charge in [-0.25, -0.2) is 0 Å². The van der Waals surface area contributed by atoms with Gasteiger partial charge in [0.1, 0.15) is 5.75 Å². The molecular formula is C14H8O7S. The molecule has 0 amide bonds. The maximum Gasteiger partial charge on any atom is 0.446 e. The van der Waals surface area contributed by atoms with Gasteiger partial charge in [-0.3, -0.25) is 14.1 Å². The van der Waals surface area contributed by atoms with E-state index in [-0.39, 0.29) is 22.3 Å². The Labute approximate surface area is 124 Å². The van der Waals surface area contributed by atoms with Gasteiger partial charge >= 0.3 is 10.4 Å². The lowest BCUT2D eigenvalue weighted by Gasteiger charge is -2.19. The molecule has 0 aromatic heterocycles. The van der Waals surface area contributed by atoms with Crippen LogP contribution in [0.3, 0.4) is 0 Å². The molecule has 112 valence electrons. The van der Waals surface area contributed by atoms with Crippen molar-refractivity contribution >= 4 is 22.0 Å². The lowest BCUT2D eigenvalue weighted by Crippen LogP contribution is -2.22. The Morgan fingerprint density at radius 1 is 0.864 bits per heavy atom. The summed E-state index contributed by atoms with van der Waals surface area (Å²) in [5, 5.41) is 9.81. The van der Waals surface area contributed by atoms with Gasteiger partial charge in [0.2, 0.25) is 5.78 Å². The van der Waals surface area contributed by atoms with Crippen LogP contribution in [0.15, 0.2) is 36.4 Å². The average Bonchev–Trinajstić information content (AvgIpc) is 2.42. The molecule has 2 aromatic rings. The zero-order chi connectivity index (χ0) is 16.1. The molecule has 22 heavy (non-hydrogen) atoms. The highest BCUT2D eigenvalue weighted by atomic mass is 32.3.